The number of carbonyl (C=O) groups excluding carboxylic acids is 1. The largest absolute Gasteiger partial charge is 0.387 e. The third-order valence-electron chi connectivity index (χ3n) is 4.20. The molecular formula is C18H24N6O5S. The van der Waals surface area contributed by atoms with E-state index < -0.39 is 33.6 Å². The van der Waals surface area contributed by atoms with E-state index in [4.69, 9.17) is 22.0 Å². The second-order valence-electron chi connectivity index (χ2n) is 6.66. The lowest BCUT2D eigenvalue weighted by atomic mass is 10.1. The van der Waals surface area contributed by atoms with Gasteiger partial charge in [0.05, 0.1) is 4.90 Å². The maximum atomic E-state index is 13.0. The Labute approximate surface area is 173 Å². The minimum absolute atomic E-state index is 0.00932. The van der Waals surface area contributed by atoms with Gasteiger partial charge in [0.15, 0.2) is 12.1 Å². The third kappa shape index (κ3) is 5.08. The van der Waals surface area contributed by atoms with Gasteiger partial charge in [-0.05, 0) is 55.8 Å². The summed E-state index contributed by atoms with van der Waals surface area (Å²) in [6.45, 7) is 4.74. The topological polar surface area (TPSA) is 185 Å². The van der Waals surface area contributed by atoms with Crippen molar-refractivity contribution in [3.8, 4) is 0 Å². The van der Waals surface area contributed by atoms with E-state index in [0.717, 1.165) is 10.1 Å². The summed E-state index contributed by atoms with van der Waals surface area (Å²) in [5.74, 6) is -1.27. The molecular weight excluding hydrogens is 412 g/mol. The monoisotopic (exact) mass is 436 g/mol. The Morgan fingerprint density at radius 2 is 1.83 bits per heavy atom. The molecule has 1 heterocycles. The number of aromatic nitrogens is 1. The minimum Gasteiger partial charge on any atom is -0.387 e. The SMILES string of the molecule is Cc1cccc(S(=O)(=O)Nc2ccc(C)n(C(C(N)=O)C(C)ON=C(N)N)c2=O)c1. The number of pyridine rings is 1. The summed E-state index contributed by atoms with van der Waals surface area (Å²) in [7, 11) is -4.04. The van der Waals surface area contributed by atoms with Crippen molar-refractivity contribution in [3.63, 3.8) is 0 Å². The van der Waals surface area contributed by atoms with E-state index in [1.807, 2.05) is 0 Å². The Bertz CT molecular complexity index is 1140. The Morgan fingerprint density at radius 1 is 1.17 bits per heavy atom. The van der Waals surface area contributed by atoms with Gasteiger partial charge in [0.2, 0.25) is 11.9 Å². The summed E-state index contributed by atoms with van der Waals surface area (Å²) < 4.78 is 28.7. The fourth-order valence-electron chi connectivity index (χ4n) is 2.83. The number of hydrogen-bond acceptors (Lipinski definition) is 6. The number of anilines is 1. The lowest BCUT2D eigenvalue weighted by Gasteiger charge is -2.24. The number of amides is 1. The van der Waals surface area contributed by atoms with Crippen LogP contribution >= 0.6 is 0 Å². The average Bonchev–Trinajstić information content (AvgIpc) is 2.65. The highest BCUT2D eigenvalue weighted by Gasteiger charge is 2.30. The number of hydrogen-bond donors (Lipinski definition) is 4. The van der Waals surface area contributed by atoms with E-state index in [0.29, 0.717) is 5.69 Å². The van der Waals surface area contributed by atoms with E-state index in [1.165, 1.54) is 31.2 Å². The zero-order chi connectivity index (χ0) is 22.6. The number of nitrogens with one attached hydrogen (secondary N) is 1. The van der Waals surface area contributed by atoms with Gasteiger partial charge in [0, 0.05) is 5.69 Å². The van der Waals surface area contributed by atoms with Gasteiger partial charge in [-0.25, -0.2) is 8.42 Å². The number of aryl methyl sites for hydroxylation is 2. The van der Waals surface area contributed by atoms with Crippen molar-refractivity contribution in [1.29, 1.82) is 0 Å². The van der Waals surface area contributed by atoms with Gasteiger partial charge in [0.1, 0.15) is 5.69 Å². The van der Waals surface area contributed by atoms with Gasteiger partial charge >= 0.3 is 0 Å². The Kier molecular flexibility index (Phi) is 6.72. The molecule has 0 fully saturated rings. The molecule has 2 unspecified atom stereocenters. The Balaban J connectivity index is 2.51. The van der Waals surface area contributed by atoms with Crippen LogP contribution in [0.4, 0.5) is 5.69 Å². The second-order valence-corrected chi connectivity index (χ2v) is 8.34. The lowest BCUT2D eigenvalue weighted by molar-refractivity contribution is -0.125. The normalized spacial score (nSPS) is 13.2. The first-order valence-corrected chi connectivity index (χ1v) is 10.3. The number of rotatable bonds is 8. The van der Waals surface area contributed by atoms with Gasteiger partial charge in [0.25, 0.3) is 15.6 Å². The van der Waals surface area contributed by atoms with Crippen LogP contribution < -0.4 is 27.5 Å². The molecule has 0 saturated carbocycles. The molecule has 11 nitrogen and oxygen atoms in total. The zero-order valence-electron chi connectivity index (χ0n) is 16.7. The van der Waals surface area contributed by atoms with E-state index in [9.17, 15) is 18.0 Å². The van der Waals surface area contributed by atoms with Crippen LogP contribution in [0.15, 0.2) is 51.2 Å². The molecule has 12 heteroatoms. The van der Waals surface area contributed by atoms with E-state index in [-0.39, 0.29) is 16.5 Å². The average molecular weight is 436 g/mol. The first-order valence-electron chi connectivity index (χ1n) is 8.79. The summed E-state index contributed by atoms with van der Waals surface area (Å²) in [6, 6.07) is 7.67. The zero-order valence-corrected chi connectivity index (χ0v) is 17.5. The number of oxime groups is 1. The highest BCUT2D eigenvalue weighted by atomic mass is 32.2. The van der Waals surface area contributed by atoms with E-state index in [1.54, 1.807) is 26.0 Å². The summed E-state index contributed by atoms with van der Waals surface area (Å²) in [5, 5.41) is 3.38. The fourth-order valence-corrected chi connectivity index (χ4v) is 3.99. The maximum Gasteiger partial charge on any atom is 0.275 e. The molecule has 0 radical (unpaired) electrons. The van der Waals surface area contributed by atoms with Gasteiger partial charge in [-0.3, -0.25) is 18.9 Å². The molecule has 2 atom stereocenters. The van der Waals surface area contributed by atoms with E-state index >= 15 is 0 Å². The van der Waals surface area contributed by atoms with Gasteiger partial charge in [-0.15, -0.1) is 0 Å². The maximum absolute atomic E-state index is 13.0. The number of primary amides is 1. The number of benzene rings is 1. The van der Waals surface area contributed by atoms with Crippen molar-refractivity contribution >= 4 is 27.6 Å². The molecule has 162 valence electrons. The molecule has 7 N–H and O–H groups in total. The van der Waals surface area contributed by atoms with Crippen LogP contribution in [0, 0.1) is 13.8 Å². The predicted octanol–water partition coefficient (Wildman–Crippen LogP) is -0.114. The molecule has 2 aromatic rings. The predicted molar refractivity (Wildman–Crippen MR) is 112 cm³/mol. The minimum atomic E-state index is -4.04. The first kappa shape index (κ1) is 22.7. The summed E-state index contributed by atoms with van der Waals surface area (Å²) >= 11 is 0. The molecule has 0 aliphatic heterocycles. The van der Waals surface area contributed by atoms with Crippen molar-refractivity contribution in [3.05, 3.63) is 58.0 Å². The van der Waals surface area contributed by atoms with Crippen LogP contribution in [0.1, 0.15) is 24.2 Å². The van der Waals surface area contributed by atoms with Crippen molar-refractivity contribution in [2.75, 3.05) is 4.72 Å². The van der Waals surface area contributed by atoms with Crippen molar-refractivity contribution in [1.82, 2.24) is 4.57 Å². The number of nitrogens with zero attached hydrogens (tertiary/aromatic N) is 2. The number of nitrogens with two attached hydrogens (primary N) is 3. The van der Waals surface area contributed by atoms with Crippen LogP contribution in [-0.2, 0) is 19.7 Å². The van der Waals surface area contributed by atoms with Crippen LogP contribution in [0.25, 0.3) is 0 Å². The van der Waals surface area contributed by atoms with Gasteiger partial charge in [-0.2, -0.15) is 0 Å². The van der Waals surface area contributed by atoms with Crippen LogP contribution in [0.5, 0.6) is 0 Å². The van der Waals surface area contributed by atoms with Crippen LogP contribution in [-0.4, -0.2) is 31.0 Å². The number of carbonyl (C=O) groups is 1. The van der Waals surface area contributed by atoms with Gasteiger partial charge < -0.3 is 22.0 Å². The summed E-state index contributed by atoms with van der Waals surface area (Å²) in [4.78, 5) is 30.2. The molecule has 2 rings (SSSR count). The molecule has 1 amide bonds. The molecule has 0 bridgehead atoms. The Morgan fingerprint density at radius 3 is 2.40 bits per heavy atom. The molecule has 0 aliphatic carbocycles. The molecule has 1 aromatic heterocycles. The lowest BCUT2D eigenvalue weighted by Crippen LogP contribution is -2.42. The van der Waals surface area contributed by atoms with Crippen molar-refractivity contribution in [2.24, 2.45) is 22.4 Å². The number of guanidine groups is 1. The standard InChI is InChI=1S/C18H24N6O5S/c1-10-5-4-6-13(9-10)30(27,28)23-14-8-7-11(2)24(17(14)26)15(16(19)25)12(3)29-22-18(20)21/h4-9,12,15,23H,1-3H3,(H2,19,25)(H4,20,21,22). The molecule has 0 aliphatic rings. The van der Waals surface area contributed by atoms with Crippen molar-refractivity contribution in [2.45, 2.75) is 37.8 Å². The quantitative estimate of drug-likeness (QED) is 0.252. The molecule has 0 saturated heterocycles. The highest BCUT2D eigenvalue weighted by molar-refractivity contribution is 7.92. The molecule has 1 aromatic carbocycles. The fraction of sp³-hybridized carbons (Fsp3) is 0.278. The smallest absolute Gasteiger partial charge is 0.275 e. The molecule has 30 heavy (non-hydrogen) atoms. The third-order valence-corrected chi connectivity index (χ3v) is 5.57. The summed E-state index contributed by atoms with van der Waals surface area (Å²) in [5.41, 5.74) is 15.9. The Hall–Kier alpha value is -3.54. The first-order chi connectivity index (χ1) is 13.9. The number of sulfonamides is 1. The summed E-state index contributed by atoms with van der Waals surface area (Å²) in [6.07, 6.45) is -1.02. The second kappa shape index (κ2) is 8.86. The molecule has 0 spiro atoms. The van der Waals surface area contributed by atoms with Gasteiger partial charge in [-0.1, -0.05) is 12.1 Å². The van der Waals surface area contributed by atoms with E-state index in [2.05, 4.69) is 9.88 Å². The van der Waals surface area contributed by atoms with Crippen LogP contribution in [0.3, 0.4) is 0 Å². The van der Waals surface area contributed by atoms with Crippen LogP contribution in [0.2, 0.25) is 0 Å². The highest BCUT2D eigenvalue weighted by Crippen LogP contribution is 2.19. The van der Waals surface area contributed by atoms with Crippen molar-refractivity contribution < 1.29 is 18.0 Å².